The van der Waals surface area contributed by atoms with E-state index in [2.05, 4.69) is 14.9 Å². The van der Waals surface area contributed by atoms with Gasteiger partial charge in [-0.3, -0.25) is 4.79 Å². The second-order valence-electron chi connectivity index (χ2n) is 3.34. The molecule has 1 amide bonds. The molecular formula is C9H13N3OS. The molecule has 1 aliphatic rings. The van der Waals surface area contributed by atoms with Crippen LogP contribution >= 0.6 is 11.8 Å². The van der Waals surface area contributed by atoms with Gasteiger partial charge in [0.25, 0.3) is 0 Å². The van der Waals surface area contributed by atoms with Crippen LogP contribution in [0.25, 0.3) is 0 Å². The number of thioether (sulfide) groups is 1. The van der Waals surface area contributed by atoms with E-state index in [0.717, 1.165) is 28.8 Å². The minimum atomic E-state index is 0.00519. The predicted octanol–water partition coefficient (Wildman–Crippen LogP) is 0.933. The fourth-order valence-electron chi connectivity index (χ4n) is 1.58. The number of carbonyl (C=O) groups excluding carboxylic acids is 1. The van der Waals surface area contributed by atoms with Gasteiger partial charge < -0.3 is 9.88 Å². The molecular weight excluding hydrogens is 198 g/mol. The Morgan fingerprint density at radius 1 is 1.71 bits per heavy atom. The molecule has 5 heteroatoms. The fourth-order valence-corrected chi connectivity index (χ4v) is 2.59. The maximum Gasteiger partial charge on any atom is 0.217 e. The van der Waals surface area contributed by atoms with Crippen molar-refractivity contribution < 1.29 is 4.79 Å². The molecule has 0 aliphatic carbocycles. The van der Waals surface area contributed by atoms with Gasteiger partial charge in [-0.25, -0.2) is 4.98 Å². The summed E-state index contributed by atoms with van der Waals surface area (Å²) in [4.78, 5) is 15.2. The molecule has 0 spiro atoms. The normalized spacial score (nSPS) is 14.1. The summed E-state index contributed by atoms with van der Waals surface area (Å²) in [5.41, 5.74) is 2.17. The summed E-state index contributed by atoms with van der Waals surface area (Å²) in [7, 11) is 0. The third-order valence-electron chi connectivity index (χ3n) is 2.29. The molecule has 1 aliphatic heterocycles. The van der Waals surface area contributed by atoms with Gasteiger partial charge in [-0.1, -0.05) is 11.8 Å². The molecule has 1 aromatic heterocycles. The zero-order valence-corrected chi connectivity index (χ0v) is 9.15. The molecule has 0 aromatic carbocycles. The van der Waals surface area contributed by atoms with Crippen molar-refractivity contribution in [3.8, 4) is 0 Å². The highest BCUT2D eigenvalue weighted by Crippen LogP contribution is 2.27. The van der Waals surface area contributed by atoms with Gasteiger partial charge in [0.1, 0.15) is 0 Å². The number of amides is 1. The lowest BCUT2D eigenvalue weighted by atomic mass is 10.3. The van der Waals surface area contributed by atoms with Crippen molar-refractivity contribution in [1.29, 1.82) is 0 Å². The highest BCUT2D eigenvalue weighted by molar-refractivity contribution is 7.99. The van der Waals surface area contributed by atoms with Crippen molar-refractivity contribution >= 4 is 17.7 Å². The quantitative estimate of drug-likeness (QED) is 0.791. The van der Waals surface area contributed by atoms with Crippen LogP contribution in [0.5, 0.6) is 0 Å². The van der Waals surface area contributed by atoms with Gasteiger partial charge >= 0.3 is 0 Å². The Balaban J connectivity index is 2.20. The van der Waals surface area contributed by atoms with E-state index in [4.69, 9.17) is 0 Å². The molecule has 0 fully saturated rings. The third kappa shape index (κ3) is 1.64. The second-order valence-corrected chi connectivity index (χ2v) is 4.40. The van der Waals surface area contributed by atoms with Gasteiger partial charge in [-0.2, -0.15) is 0 Å². The monoisotopic (exact) mass is 211 g/mol. The number of fused-ring (bicyclic) bond motifs is 1. The SMILES string of the molecule is CC(=O)NCc1c(C)nc2n1CCS2. The predicted molar refractivity (Wildman–Crippen MR) is 55.2 cm³/mol. The van der Waals surface area contributed by atoms with Crippen molar-refractivity contribution in [2.75, 3.05) is 5.75 Å². The molecule has 0 saturated heterocycles. The van der Waals surface area contributed by atoms with Crippen LogP contribution in [0.1, 0.15) is 18.3 Å². The minimum Gasteiger partial charge on any atom is -0.351 e. The van der Waals surface area contributed by atoms with E-state index < -0.39 is 0 Å². The Labute approximate surface area is 87.1 Å². The van der Waals surface area contributed by atoms with Crippen LogP contribution in [-0.4, -0.2) is 21.2 Å². The smallest absolute Gasteiger partial charge is 0.217 e. The topological polar surface area (TPSA) is 46.9 Å². The number of aryl methyl sites for hydroxylation is 1. The first-order valence-electron chi connectivity index (χ1n) is 4.61. The van der Waals surface area contributed by atoms with Crippen LogP contribution in [0.3, 0.4) is 0 Å². The van der Waals surface area contributed by atoms with Crippen molar-refractivity contribution in [3.05, 3.63) is 11.4 Å². The van der Waals surface area contributed by atoms with Crippen LogP contribution in [0.2, 0.25) is 0 Å². The molecule has 4 nitrogen and oxygen atoms in total. The van der Waals surface area contributed by atoms with Crippen LogP contribution in [0, 0.1) is 6.92 Å². The number of nitrogens with zero attached hydrogens (tertiary/aromatic N) is 2. The first kappa shape index (κ1) is 9.58. The van der Waals surface area contributed by atoms with Gasteiger partial charge in [-0.15, -0.1) is 0 Å². The maximum atomic E-state index is 10.8. The van der Waals surface area contributed by atoms with Gasteiger partial charge in [0.2, 0.25) is 5.91 Å². The van der Waals surface area contributed by atoms with Crippen LogP contribution < -0.4 is 5.32 Å². The zero-order valence-electron chi connectivity index (χ0n) is 8.33. The summed E-state index contributed by atoms with van der Waals surface area (Å²) in [6.45, 7) is 5.12. The van der Waals surface area contributed by atoms with Gasteiger partial charge in [0.15, 0.2) is 5.16 Å². The number of nitrogens with one attached hydrogen (secondary N) is 1. The average Bonchev–Trinajstić information content (AvgIpc) is 2.61. The van der Waals surface area contributed by atoms with E-state index >= 15 is 0 Å². The Kier molecular flexibility index (Phi) is 2.50. The van der Waals surface area contributed by atoms with E-state index in [0.29, 0.717) is 6.54 Å². The third-order valence-corrected chi connectivity index (χ3v) is 3.25. The van der Waals surface area contributed by atoms with Crippen LogP contribution in [-0.2, 0) is 17.9 Å². The molecule has 0 radical (unpaired) electrons. The van der Waals surface area contributed by atoms with Crippen LogP contribution in [0.15, 0.2) is 5.16 Å². The Bertz CT molecular complexity index is 372. The van der Waals surface area contributed by atoms with Gasteiger partial charge in [0, 0.05) is 19.2 Å². The molecule has 76 valence electrons. The molecule has 0 bridgehead atoms. The summed E-state index contributed by atoms with van der Waals surface area (Å²) >= 11 is 1.78. The van der Waals surface area contributed by atoms with E-state index in [-0.39, 0.29) is 5.91 Å². The lowest BCUT2D eigenvalue weighted by molar-refractivity contribution is -0.119. The standard InChI is InChI=1S/C9H13N3OS/c1-6-8(5-10-7(2)13)12-3-4-14-9(12)11-6/h3-5H2,1-2H3,(H,10,13). The molecule has 1 N–H and O–H groups in total. The summed E-state index contributed by atoms with van der Waals surface area (Å²) in [6.07, 6.45) is 0. The average molecular weight is 211 g/mol. The molecule has 2 rings (SSSR count). The summed E-state index contributed by atoms with van der Waals surface area (Å²) < 4.78 is 2.19. The largest absolute Gasteiger partial charge is 0.351 e. The molecule has 14 heavy (non-hydrogen) atoms. The Morgan fingerprint density at radius 3 is 3.21 bits per heavy atom. The van der Waals surface area contributed by atoms with E-state index in [9.17, 15) is 4.79 Å². The minimum absolute atomic E-state index is 0.00519. The molecule has 2 heterocycles. The number of hydrogen-bond donors (Lipinski definition) is 1. The molecule has 0 unspecified atom stereocenters. The lowest BCUT2D eigenvalue weighted by Gasteiger charge is -2.05. The van der Waals surface area contributed by atoms with Crippen molar-refractivity contribution in [1.82, 2.24) is 14.9 Å². The zero-order chi connectivity index (χ0) is 10.1. The Hall–Kier alpha value is -0.970. The summed E-state index contributed by atoms with van der Waals surface area (Å²) in [6, 6.07) is 0. The number of imidazole rings is 1. The van der Waals surface area contributed by atoms with E-state index in [1.807, 2.05) is 6.92 Å². The number of hydrogen-bond acceptors (Lipinski definition) is 3. The van der Waals surface area contributed by atoms with Crippen LogP contribution in [0.4, 0.5) is 0 Å². The molecule has 1 aromatic rings. The van der Waals surface area contributed by atoms with Gasteiger partial charge in [0.05, 0.1) is 17.9 Å². The lowest BCUT2D eigenvalue weighted by Crippen LogP contribution is -2.21. The number of carbonyl (C=O) groups is 1. The number of rotatable bonds is 2. The van der Waals surface area contributed by atoms with E-state index in [1.165, 1.54) is 6.92 Å². The number of aromatic nitrogens is 2. The fraction of sp³-hybridized carbons (Fsp3) is 0.556. The highest BCUT2D eigenvalue weighted by atomic mass is 32.2. The van der Waals surface area contributed by atoms with Crippen molar-refractivity contribution in [2.24, 2.45) is 0 Å². The summed E-state index contributed by atoms with van der Waals surface area (Å²) in [5, 5.41) is 3.90. The first-order chi connectivity index (χ1) is 6.68. The molecule has 0 atom stereocenters. The summed E-state index contributed by atoms with van der Waals surface area (Å²) in [5.74, 6) is 1.10. The maximum absolute atomic E-state index is 10.8. The van der Waals surface area contributed by atoms with Crippen molar-refractivity contribution in [2.45, 2.75) is 32.1 Å². The van der Waals surface area contributed by atoms with Gasteiger partial charge in [-0.05, 0) is 6.92 Å². The van der Waals surface area contributed by atoms with Crippen molar-refractivity contribution in [3.63, 3.8) is 0 Å². The first-order valence-corrected chi connectivity index (χ1v) is 5.60. The highest BCUT2D eigenvalue weighted by Gasteiger charge is 2.19. The van der Waals surface area contributed by atoms with E-state index in [1.54, 1.807) is 11.8 Å². The molecule has 0 saturated carbocycles. The Morgan fingerprint density at radius 2 is 2.50 bits per heavy atom. The second kappa shape index (κ2) is 3.65.